The quantitative estimate of drug-likeness (QED) is 0.707. The van der Waals surface area contributed by atoms with Crippen LogP contribution in [0.5, 0.6) is 0 Å². The molecule has 164 valence electrons. The molecule has 2 bridgehead atoms. The van der Waals surface area contributed by atoms with Crippen molar-refractivity contribution < 1.29 is 4.79 Å². The number of nitrogens with zero attached hydrogens (tertiary/aromatic N) is 5. The molecule has 0 aliphatic carbocycles. The molecule has 0 spiro atoms. The van der Waals surface area contributed by atoms with Crippen molar-refractivity contribution in [1.82, 2.24) is 19.4 Å². The summed E-state index contributed by atoms with van der Waals surface area (Å²) in [5, 5.41) is 0. The molecule has 2 fully saturated rings. The summed E-state index contributed by atoms with van der Waals surface area (Å²) in [6.45, 7) is 8.80. The third-order valence-corrected chi connectivity index (χ3v) is 7.15. The molecule has 2 aromatic heterocycles. The van der Waals surface area contributed by atoms with Gasteiger partial charge in [-0.1, -0.05) is 12.5 Å². The highest BCUT2D eigenvalue weighted by Gasteiger charge is 2.36. The van der Waals surface area contributed by atoms with Gasteiger partial charge in [0, 0.05) is 49.6 Å². The highest BCUT2D eigenvalue weighted by Crippen LogP contribution is 2.36. The lowest BCUT2D eigenvalue weighted by molar-refractivity contribution is 0.101. The smallest absolute Gasteiger partial charge is 0.255 e. The minimum Gasteiger partial charge on any atom is -0.340 e. The van der Waals surface area contributed by atoms with E-state index in [2.05, 4.69) is 31.9 Å². The number of fused-ring (bicyclic) bond motifs is 4. The van der Waals surface area contributed by atoms with Gasteiger partial charge in [0.05, 0.1) is 11.3 Å². The molecular weight excluding hydrogens is 390 g/mol. The number of carbonyl (C=O) groups excluding carboxylic acids is 1. The van der Waals surface area contributed by atoms with Crippen LogP contribution in [-0.4, -0.2) is 51.4 Å². The van der Waals surface area contributed by atoms with Crippen LogP contribution in [0.2, 0.25) is 0 Å². The van der Waals surface area contributed by atoms with Crippen molar-refractivity contribution in [3.8, 4) is 0 Å². The third kappa shape index (κ3) is 3.91. The summed E-state index contributed by atoms with van der Waals surface area (Å²) in [5.41, 5.74) is 3.59. The van der Waals surface area contributed by atoms with Gasteiger partial charge in [-0.2, -0.15) is 0 Å². The maximum Gasteiger partial charge on any atom is 0.255 e. The molecule has 5 rings (SSSR count). The molecule has 0 saturated carbocycles. The Bertz CT molecular complexity index is 1060. The minimum atomic E-state index is -0.00627. The van der Waals surface area contributed by atoms with Crippen molar-refractivity contribution in [3.05, 3.63) is 51.2 Å². The molecule has 2 saturated heterocycles. The number of ketones is 1. The number of Topliss-reactive ketones (excluding diaryl/α,β-unsaturated/α-hetero) is 1. The lowest BCUT2D eigenvalue weighted by Gasteiger charge is -2.43. The molecular formula is C24H31N5O2. The lowest BCUT2D eigenvalue weighted by atomic mass is 9.83. The lowest BCUT2D eigenvalue weighted by Crippen LogP contribution is -2.48. The van der Waals surface area contributed by atoms with Crippen LogP contribution in [0, 0.1) is 12.8 Å². The van der Waals surface area contributed by atoms with Crippen molar-refractivity contribution in [2.75, 3.05) is 31.1 Å². The predicted molar refractivity (Wildman–Crippen MR) is 120 cm³/mol. The molecule has 3 aliphatic rings. The highest BCUT2D eigenvalue weighted by molar-refractivity contribution is 5.94. The average molecular weight is 422 g/mol. The Morgan fingerprint density at radius 2 is 1.94 bits per heavy atom. The molecule has 5 heterocycles. The van der Waals surface area contributed by atoms with Crippen molar-refractivity contribution in [2.45, 2.75) is 58.5 Å². The summed E-state index contributed by atoms with van der Waals surface area (Å²) in [5.74, 6) is 1.40. The van der Waals surface area contributed by atoms with E-state index in [1.807, 2.05) is 11.5 Å². The van der Waals surface area contributed by atoms with E-state index in [1.165, 1.54) is 19.3 Å². The van der Waals surface area contributed by atoms with Gasteiger partial charge in [0.2, 0.25) is 5.95 Å². The standard InChI is InChI=1S/C24H31N5O2/c1-16-21(17(2)30)11-25-24(26-16)28-12-18-10-20(15-28)22-7-6-19(23(31)29(22)13-18)14-27-8-4-3-5-9-27/h6-7,11,18,20H,3-5,8-10,12-15H2,1-2H3/t18-,20+/m0/s1. The van der Waals surface area contributed by atoms with Crippen molar-refractivity contribution in [1.29, 1.82) is 0 Å². The van der Waals surface area contributed by atoms with Gasteiger partial charge < -0.3 is 9.47 Å². The van der Waals surface area contributed by atoms with Crippen molar-refractivity contribution in [2.24, 2.45) is 5.92 Å². The summed E-state index contributed by atoms with van der Waals surface area (Å²) in [4.78, 5) is 38.7. The molecule has 3 aliphatic heterocycles. The van der Waals surface area contributed by atoms with Crippen LogP contribution in [0.1, 0.15) is 65.8 Å². The van der Waals surface area contributed by atoms with Gasteiger partial charge in [0.1, 0.15) is 0 Å². The first-order valence-electron chi connectivity index (χ1n) is 11.5. The molecule has 2 aromatic rings. The minimum absolute atomic E-state index is 0.00627. The number of carbonyl (C=O) groups is 1. The van der Waals surface area contributed by atoms with Crippen LogP contribution < -0.4 is 10.5 Å². The van der Waals surface area contributed by atoms with E-state index in [4.69, 9.17) is 0 Å². The summed E-state index contributed by atoms with van der Waals surface area (Å²) in [6, 6.07) is 4.24. The van der Waals surface area contributed by atoms with Crippen LogP contribution in [-0.2, 0) is 13.1 Å². The maximum atomic E-state index is 13.3. The summed E-state index contributed by atoms with van der Waals surface area (Å²) >= 11 is 0. The van der Waals surface area contributed by atoms with Gasteiger partial charge >= 0.3 is 0 Å². The van der Waals surface area contributed by atoms with Crippen molar-refractivity contribution >= 4 is 11.7 Å². The fourth-order valence-corrected chi connectivity index (χ4v) is 5.59. The first kappa shape index (κ1) is 20.4. The average Bonchev–Trinajstić information content (AvgIpc) is 2.76. The number of hydrogen-bond acceptors (Lipinski definition) is 6. The van der Waals surface area contributed by atoms with Crippen LogP contribution in [0.25, 0.3) is 0 Å². The van der Waals surface area contributed by atoms with Gasteiger partial charge in [-0.25, -0.2) is 9.97 Å². The Morgan fingerprint density at radius 1 is 1.13 bits per heavy atom. The number of aryl methyl sites for hydroxylation is 1. The van der Waals surface area contributed by atoms with Gasteiger partial charge in [-0.05, 0) is 58.2 Å². The monoisotopic (exact) mass is 421 g/mol. The summed E-state index contributed by atoms with van der Waals surface area (Å²) in [6.07, 6.45) is 6.53. The first-order chi connectivity index (χ1) is 15.0. The van der Waals surface area contributed by atoms with E-state index in [0.717, 1.165) is 62.6 Å². The second-order valence-electron chi connectivity index (χ2n) is 9.46. The van der Waals surface area contributed by atoms with Gasteiger partial charge in [-0.15, -0.1) is 0 Å². The maximum absolute atomic E-state index is 13.3. The number of pyridine rings is 1. The molecule has 2 atom stereocenters. The summed E-state index contributed by atoms with van der Waals surface area (Å²) in [7, 11) is 0. The topological polar surface area (TPSA) is 71.3 Å². The van der Waals surface area contributed by atoms with E-state index in [1.54, 1.807) is 13.1 Å². The van der Waals surface area contributed by atoms with E-state index in [9.17, 15) is 9.59 Å². The highest BCUT2D eigenvalue weighted by atomic mass is 16.1. The Hall–Kier alpha value is -2.54. The van der Waals surface area contributed by atoms with Crippen molar-refractivity contribution in [3.63, 3.8) is 0 Å². The van der Waals surface area contributed by atoms with Gasteiger partial charge in [0.15, 0.2) is 5.78 Å². The number of likely N-dealkylation sites (tertiary alicyclic amines) is 1. The molecule has 0 aromatic carbocycles. The zero-order valence-corrected chi connectivity index (χ0v) is 18.5. The molecule has 0 unspecified atom stereocenters. The Balaban J connectivity index is 1.38. The zero-order chi connectivity index (χ0) is 21.5. The number of hydrogen-bond donors (Lipinski definition) is 0. The van der Waals surface area contributed by atoms with Crippen LogP contribution in [0.4, 0.5) is 5.95 Å². The molecule has 7 heteroatoms. The summed E-state index contributed by atoms with van der Waals surface area (Å²) < 4.78 is 2.04. The van der Waals surface area contributed by atoms with Crippen LogP contribution in [0.15, 0.2) is 23.1 Å². The van der Waals surface area contributed by atoms with E-state index in [0.29, 0.717) is 23.3 Å². The molecule has 7 nitrogen and oxygen atoms in total. The largest absolute Gasteiger partial charge is 0.340 e. The van der Waals surface area contributed by atoms with Gasteiger partial charge in [-0.3, -0.25) is 14.5 Å². The fourth-order valence-electron chi connectivity index (χ4n) is 5.59. The van der Waals surface area contributed by atoms with E-state index >= 15 is 0 Å². The molecule has 0 N–H and O–H groups in total. The Labute approximate surface area is 183 Å². The Kier molecular flexibility index (Phi) is 5.38. The fraction of sp³-hybridized carbons (Fsp3) is 0.583. The molecule has 0 amide bonds. The third-order valence-electron chi connectivity index (χ3n) is 7.15. The number of aromatic nitrogens is 3. The van der Waals surface area contributed by atoms with E-state index in [-0.39, 0.29) is 11.3 Å². The van der Waals surface area contributed by atoms with E-state index < -0.39 is 0 Å². The van der Waals surface area contributed by atoms with Crippen LogP contribution >= 0.6 is 0 Å². The number of anilines is 1. The van der Waals surface area contributed by atoms with Crippen LogP contribution in [0.3, 0.4) is 0 Å². The molecule has 0 radical (unpaired) electrons. The SMILES string of the molecule is CC(=O)c1cnc(N2C[C@@H]3C[C@H](C2)c2ccc(CN4CCCCC4)c(=O)n2C3)nc1C. The Morgan fingerprint density at radius 3 is 2.68 bits per heavy atom. The number of piperidine rings is 2. The van der Waals surface area contributed by atoms with Gasteiger partial charge in [0.25, 0.3) is 5.56 Å². The normalized spacial score (nSPS) is 23.5. The molecule has 31 heavy (non-hydrogen) atoms. The zero-order valence-electron chi connectivity index (χ0n) is 18.5. The second-order valence-corrected chi connectivity index (χ2v) is 9.46. The first-order valence-corrected chi connectivity index (χ1v) is 11.5. The second kappa shape index (κ2) is 8.19. The predicted octanol–water partition coefficient (Wildman–Crippen LogP) is 2.76. The number of rotatable bonds is 4.